The van der Waals surface area contributed by atoms with Crippen LogP contribution in [0, 0.1) is 6.07 Å². The molecule has 2 aromatic carbocycles. The molecule has 0 aliphatic rings. The molecule has 3 heteroatoms. The Bertz CT molecular complexity index is 479. The van der Waals surface area contributed by atoms with Crippen molar-refractivity contribution < 1.29 is 18.9 Å². The molecule has 2 rings (SSSR count). The number of hydrogen-bond donors (Lipinski definition) is 0. The first kappa shape index (κ1) is 16.7. The third-order valence-corrected chi connectivity index (χ3v) is 8.21. The molecule has 1 unspecified atom stereocenters. The minimum absolute atomic E-state index is 0. The normalized spacial score (nSPS) is 12.6. The Labute approximate surface area is 134 Å². The zero-order chi connectivity index (χ0) is 13.0. The predicted molar refractivity (Wildman–Crippen MR) is 83.7 cm³/mol. The Hall–Kier alpha value is -0.396. The quantitative estimate of drug-likeness (QED) is 0.469. The van der Waals surface area contributed by atoms with E-state index in [1.54, 1.807) is 0 Å². The molecular formula is C16H19LiSSi. The summed E-state index contributed by atoms with van der Waals surface area (Å²) in [4.78, 5) is 1.83. The van der Waals surface area contributed by atoms with E-state index in [2.05, 4.69) is 68.2 Å². The Morgan fingerprint density at radius 1 is 0.947 bits per heavy atom. The summed E-state index contributed by atoms with van der Waals surface area (Å²) in [6.07, 6.45) is 0. The first-order chi connectivity index (χ1) is 8.57. The largest absolute Gasteiger partial charge is 1.00 e. The predicted octanol–water partition coefficient (Wildman–Crippen LogP) is 2.20. The van der Waals surface area contributed by atoms with Crippen LogP contribution in [-0.4, -0.2) is 8.07 Å². The van der Waals surface area contributed by atoms with Gasteiger partial charge in [-0.15, -0.1) is 16.7 Å². The van der Waals surface area contributed by atoms with Crippen LogP contribution in [0.5, 0.6) is 0 Å². The Kier molecular flexibility index (Phi) is 6.49. The summed E-state index contributed by atoms with van der Waals surface area (Å²) in [7, 11) is -1.27. The minimum Gasteiger partial charge on any atom is -0.176 e. The van der Waals surface area contributed by atoms with E-state index < -0.39 is 8.07 Å². The Morgan fingerprint density at radius 3 is 2.11 bits per heavy atom. The smallest absolute Gasteiger partial charge is 0.176 e. The van der Waals surface area contributed by atoms with Crippen LogP contribution in [0.3, 0.4) is 0 Å². The maximum Gasteiger partial charge on any atom is 1.00 e. The van der Waals surface area contributed by atoms with E-state index in [0.29, 0.717) is 4.87 Å². The summed E-state index contributed by atoms with van der Waals surface area (Å²) < 4.78 is 0. The second-order valence-corrected chi connectivity index (χ2v) is 12.4. The van der Waals surface area contributed by atoms with Gasteiger partial charge in [0.25, 0.3) is 0 Å². The topological polar surface area (TPSA) is 0 Å². The van der Waals surface area contributed by atoms with E-state index in [4.69, 9.17) is 0 Å². The molecule has 0 saturated carbocycles. The zero-order valence-electron chi connectivity index (χ0n) is 12.2. The van der Waals surface area contributed by atoms with Crippen molar-refractivity contribution in [2.75, 3.05) is 0 Å². The molecule has 19 heavy (non-hydrogen) atoms. The van der Waals surface area contributed by atoms with Crippen LogP contribution in [0.4, 0.5) is 0 Å². The zero-order valence-corrected chi connectivity index (χ0v) is 14.0. The number of benzene rings is 2. The van der Waals surface area contributed by atoms with Crippen molar-refractivity contribution in [2.24, 2.45) is 0 Å². The van der Waals surface area contributed by atoms with E-state index in [1.165, 1.54) is 10.5 Å². The van der Waals surface area contributed by atoms with Crippen LogP contribution in [-0.2, 0) is 0 Å². The third kappa shape index (κ3) is 4.89. The van der Waals surface area contributed by atoms with Gasteiger partial charge in [-0.2, -0.15) is 30.3 Å². The van der Waals surface area contributed by atoms with Crippen LogP contribution >= 0.6 is 11.8 Å². The third-order valence-electron chi connectivity index (χ3n) is 2.81. The molecule has 1 atom stereocenters. The van der Waals surface area contributed by atoms with Crippen molar-refractivity contribution in [2.45, 2.75) is 29.4 Å². The van der Waals surface area contributed by atoms with Gasteiger partial charge in [-0.05, 0) is 5.56 Å². The van der Waals surface area contributed by atoms with Gasteiger partial charge in [0.15, 0.2) is 0 Å². The van der Waals surface area contributed by atoms with E-state index in [1.807, 2.05) is 23.9 Å². The molecule has 0 amide bonds. The van der Waals surface area contributed by atoms with E-state index in [9.17, 15) is 0 Å². The van der Waals surface area contributed by atoms with Gasteiger partial charge in [0.1, 0.15) is 0 Å². The summed E-state index contributed by atoms with van der Waals surface area (Å²) >= 11 is 1.95. The molecule has 2 aromatic rings. The summed E-state index contributed by atoms with van der Waals surface area (Å²) in [5.41, 5.74) is 1.44. The summed E-state index contributed by atoms with van der Waals surface area (Å²) in [5, 5.41) is 0. The van der Waals surface area contributed by atoms with Crippen LogP contribution in [0.2, 0.25) is 19.6 Å². The molecule has 0 bridgehead atoms. The number of thioether (sulfide) groups is 1. The van der Waals surface area contributed by atoms with Gasteiger partial charge in [-0.25, -0.2) is 0 Å². The Balaban J connectivity index is 0.00000180. The second kappa shape index (κ2) is 7.40. The first-order valence-corrected chi connectivity index (χ1v) is 10.7. The average molecular weight is 278 g/mol. The molecule has 0 radical (unpaired) electrons. The van der Waals surface area contributed by atoms with E-state index >= 15 is 0 Å². The molecule has 0 heterocycles. The molecule has 0 aliphatic heterocycles. The van der Waals surface area contributed by atoms with Crippen LogP contribution in [0.15, 0.2) is 59.5 Å². The summed E-state index contributed by atoms with van der Waals surface area (Å²) in [6, 6.07) is 22.4. The number of rotatable bonds is 4. The van der Waals surface area contributed by atoms with E-state index in [0.717, 1.165) is 0 Å². The van der Waals surface area contributed by atoms with Gasteiger partial charge >= 0.3 is 18.9 Å². The average Bonchev–Trinajstić information content (AvgIpc) is 2.37. The van der Waals surface area contributed by atoms with Gasteiger partial charge in [-0.1, -0.05) is 50.0 Å². The van der Waals surface area contributed by atoms with Crippen molar-refractivity contribution in [1.29, 1.82) is 0 Å². The summed E-state index contributed by atoms with van der Waals surface area (Å²) in [6.45, 7) is 7.29. The van der Waals surface area contributed by atoms with Gasteiger partial charge in [0.05, 0.1) is 8.07 Å². The van der Waals surface area contributed by atoms with Crippen LogP contribution in [0.1, 0.15) is 10.4 Å². The van der Waals surface area contributed by atoms with Crippen molar-refractivity contribution >= 4 is 19.8 Å². The van der Waals surface area contributed by atoms with Crippen molar-refractivity contribution in [1.82, 2.24) is 0 Å². The maximum atomic E-state index is 3.33. The molecule has 0 aliphatic carbocycles. The fourth-order valence-electron chi connectivity index (χ4n) is 1.95. The van der Waals surface area contributed by atoms with Crippen LogP contribution < -0.4 is 18.9 Å². The fourth-order valence-corrected chi connectivity index (χ4v) is 5.78. The molecule has 94 valence electrons. The second-order valence-electron chi connectivity index (χ2n) is 5.50. The molecule has 0 aromatic heterocycles. The molecule has 0 N–H and O–H groups in total. The summed E-state index contributed by atoms with van der Waals surface area (Å²) in [5.74, 6) is 0. The fraction of sp³-hybridized carbons (Fsp3) is 0.250. The SMILES string of the molecule is C[Si](C)(C)C(Sc1[c-]cccc1)c1ccccc1.[Li+]. The van der Waals surface area contributed by atoms with Gasteiger partial charge in [-0.3, -0.25) is 0 Å². The van der Waals surface area contributed by atoms with Crippen molar-refractivity contribution in [3.05, 3.63) is 66.2 Å². The monoisotopic (exact) mass is 278 g/mol. The van der Waals surface area contributed by atoms with Crippen LogP contribution in [0.25, 0.3) is 0 Å². The van der Waals surface area contributed by atoms with Gasteiger partial charge in [0, 0.05) is 4.87 Å². The molecule has 0 nitrogen and oxygen atoms in total. The van der Waals surface area contributed by atoms with Crippen molar-refractivity contribution in [3.63, 3.8) is 0 Å². The molecule has 0 fully saturated rings. The number of hydrogen-bond acceptors (Lipinski definition) is 1. The Morgan fingerprint density at radius 2 is 1.58 bits per heavy atom. The molecular weight excluding hydrogens is 259 g/mol. The standard InChI is InChI=1S/C16H19SSi.Li/c1-18(2,3)16(14-10-6-4-7-11-14)17-15-12-8-5-9-13-15;/h4-12,16H,1-3H3;/q-1;+1. The first-order valence-electron chi connectivity index (χ1n) is 6.26. The molecule has 0 spiro atoms. The van der Waals surface area contributed by atoms with E-state index in [-0.39, 0.29) is 18.9 Å². The van der Waals surface area contributed by atoms with Gasteiger partial charge < -0.3 is 0 Å². The van der Waals surface area contributed by atoms with Gasteiger partial charge in [0.2, 0.25) is 0 Å². The maximum absolute atomic E-state index is 3.33. The minimum atomic E-state index is -1.27. The molecule has 0 saturated heterocycles. The van der Waals surface area contributed by atoms with Crippen molar-refractivity contribution in [3.8, 4) is 0 Å².